The van der Waals surface area contributed by atoms with E-state index < -0.39 is 0 Å². The molecule has 1 saturated carbocycles. The zero-order valence-electron chi connectivity index (χ0n) is 12.8. The number of hydrogen-bond acceptors (Lipinski definition) is 5. The molecule has 118 valence electrons. The van der Waals surface area contributed by atoms with Crippen LogP contribution in [0.1, 0.15) is 25.7 Å². The molecule has 0 aliphatic heterocycles. The van der Waals surface area contributed by atoms with E-state index in [4.69, 9.17) is 0 Å². The molecule has 3 rings (SSSR count). The van der Waals surface area contributed by atoms with Crippen molar-refractivity contribution >= 4 is 29.0 Å². The monoisotopic (exact) mass is 303 g/mol. The van der Waals surface area contributed by atoms with Crippen molar-refractivity contribution in [3.8, 4) is 0 Å². The molecule has 22 heavy (non-hydrogen) atoms. The van der Waals surface area contributed by atoms with Gasteiger partial charge in [-0.15, -0.1) is 0 Å². The first-order chi connectivity index (χ1) is 10.7. The summed E-state index contributed by atoms with van der Waals surface area (Å²) in [6.45, 7) is 0. The molecule has 1 aliphatic rings. The van der Waals surface area contributed by atoms with Crippen LogP contribution < -0.4 is 21.3 Å². The highest BCUT2D eigenvalue weighted by Crippen LogP contribution is 2.25. The van der Waals surface area contributed by atoms with Crippen LogP contribution in [0.25, 0.3) is 5.65 Å². The number of fused-ring (bicyclic) bond motifs is 1. The van der Waals surface area contributed by atoms with E-state index in [1.54, 1.807) is 17.8 Å². The predicted molar refractivity (Wildman–Crippen MR) is 86.5 cm³/mol. The number of anilines is 3. The molecular formula is C14H21N7O. The number of nitrogens with one attached hydrogen (secondary N) is 4. The van der Waals surface area contributed by atoms with Gasteiger partial charge in [-0.25, -0.2) is 9.78 Å². The first-order valence-corrected chi connectivity index (χ1v) is 7.53. The number of urea groups is 1. The third kappa shape index (κ3) is 2.76. The lowest BCUT2D eigenvalue weighted by molar-refractivity contribution is 0.254. The van der Waals surface area contributed by atoms with Gasteiger partial charge in [0.05, 0.1) is 6.20 Å². The Morgan fingerprint density at radius 2 is 2.09 bits per heavy atom. The van der Waals surface area contributed by atoms with Crippen molar-refractivity contribution in [2.24, 2.45) is 0 Å². The van der Waals surface area contributed by atoms with Crippen LogP contribution in [-0.4, -0.2) is 40.8 Å². The zero-order chi connectivity index (χ0) is 15.5. The smallest absolute Gasteiger partial charge is 0.319 e. The van der Waals surface area contributed by atoms with Crippen molar-refractivity contribution in [2.75, 3.05) is 30.0 Å². The Kier molecular flexibility index (Phi) is 3.99. The molecule has 0 unspecified atom stereocenters. The highest BCUT2D eigenvalue weighted by Gasteiger charge is 2.17. The molecule has 8 nitrogen and oxygen atoms in total. The second-order valence-corrected chi connectivity index (χ2v) is 5.40. The quantitative estimate of drug-likeness (QED) is 0.691. The van der Waals surface area contributed by atoms with Gasteiger partial charge >= 0.3 is 6.03 Å². The molecule has 2 amide bonds. The van der Waals surface area contributed by atoms with Gasteiger partial charge in [-0.3, -0.25) is 0 Å². The van der Waals surface area contributed by atoms with Crippen LogP contribution in [0.4, 0.5) is 22.1 Å². The molecule has 2 heterocycles. The summed E-state index contributed by atoms with van der Waals surface area (Å²) in [5.74, 6) is 1.61. The van der Waals surface area contributed by atoms with E-state index in [0.29, 0.717) is 17.4 Å². The fraction of sp³-hybridized carbons (Fsp3) is 0.500. The van der Waals surface area contributed by atoms with Gasteiger partial charge < -0.3 is 21.3 Å². The average molecular weight is 303 g/mol. The van der Waals surface area contributed by atoms with E-state index in [0.717, 1.165) is 11.6 Å². The molecule has 1 aliphatic carbocycles. The topological polar surface area (TPSA) is 95.4 Å². The Labute approximate surface area is 128 Å². The molecule has 0 spiro atoms. The molecule has 2 aromatic heterocycles. The lowest BCUT2D eigenvalue weighted by Crippen LogP contribution is -2.24. The Balaban J connectivity index is 1.95. The lowest BCUT2D eigenvalue weighted by atomic mass is 10.2. The van der Waals surface area contributed by atoms with Crippen LogP contribution in [0.5, 0.6) is 0 Å². The summed E-state index contributed by atoms with van der Waals surface area (Å²) >= 11 is 0. The molecule has 0 radical (unpaired) electrons. The standard InChI is InChI=1S/C14H21N7O/c1-15-12-7-11(18-9-5-3-4-6-9)20-13-10(8-17-21(12)13)19-14(22)16-2/h7-9,15H,3-6H2,1-2H3,(H,18,20)(H2,16,19,22). The predicted octanol–water partition coefficient (Wildman–Crippen LogP) is 1.88. The third-order valence-electron chi connectivity index (χ3n) is 3.91. The van der Waals surface area contributed by atoms with Crippen molar-refractivity contribution in [3.05, 3.63) is 12.3 Å². The van der Waals surface area contributed by atoms with Gasteiger partial charge in [0.25, 0.3) is 0 Å². The van der Waals surface area contributed by atoms with Crippen LogP contribution >= 0.6 is 0 Å². The molecule has 0 atom stereocenters. The highest BCUT2D eigenvalue weighted by molar-refractivity contribution is 5.93. The number of rotatable bonds is 4. The summed E-state index contributed by atoms with van der Waals surface area (Å²) < 4.78 is 1.67. The molecule has 2 aromatic rings. The Bertz CT molecular complexity index is 675. The number of aromatic nitrogens is 3. The Morgan fingerprint density at radius 3 is 2.77 bits per heavy atom. The summed E-state index contributed by atoms with van der Waals surface area (Å²) in [5, 5.41) is 16.1. The minimum absolute atomic E-state index is 0.295. The minimum atomic E-state index is -0.295. The molecule has 0 aromatic carbocycles. The SMILES string of the molecule is CNC(=O)Nc1cnn2c(NC)cc(NC3CCCC3)nc12. The Hall–Kier alpha value is -2.51. The van der Waals surface area contributed by atoms with E-state index in [1.165, 1.54) is 25.7 Å². The van der Waals surface area contributed by atoms with Gasteiger partial charge in [-0.1, -0.05) is 12.8 Å². The number of nitrogens with zero attached hydrogens (tertiary/aromatic N) is 3. The zero-order valence-corrected chi connectivity index (χ0v) is 12.8. The van der Waals surface area contributed by atoms with Crippen LogP contribution in [0.3, 0.4) is 0 Å². The summed E-state index contributed by atoms with van der Waals surface area (Å²) in [6.07, 6.45) is 6.45. The lowest BCUT2D eigenvalue weighted by Gasteiger charge is -2.14. The van der Waals surface area contributed by atoms with Gasteiger partial charge in [0.2, 0.25) is 0 Å². The van der Waals surface area contributed by atoms with E-state index >= 15 is 0 Å². The van der Waals surface area contributed by atoms with Crippen molar-refractivity contribution < 1.29 is 4.79 Å². The maximum atomic E-state index is 11.5. The van der Waals surface area contributed by atoms with Crippen LogP contribution in [0, 0.1) is 0 Å². The van der Waals surface area contributed by atoms with Gasteiger partial charge in [0.1, 0.15) is 17.3 Å². The van der Waals surface area contributed by atoms with Crippen molar-refractivity contribution in [2.45, 2.75) is 31.7 Å². The van der Waals surface area contributed by atoms with E-state index in [1.807, 2.05) is 13.1 Å². The second-order valence-electron chi connectivity index (χ2n) is 5.40. The maximum Gasteiger partial charge on any atom is 0.319 e. The largest absolute Gasteiger partial charge is 0.373 e. The average Bonchev–Trinajstić information content (AvgIpc) is 3.17. The number of amides is 2. The third-order valence-corrected chi connectivity index (χ3v) is 3.91. The number of hydrogen-bond donors (Lipinski definition) is 4. The molecule has 0 bridgehead atoms. The summed E-state index contributed by atoms with van der Waals surface area (Å²) in [5.41, 5.74) is 1.18. The first-order valence-electron chi connectivity index (χ1n) is 7.53. The van der Waals surface area contributed by atoms with Gasteiger partial charge in [-0.05, 0) is 12.8 Å². The van der Waals surface area contributed by atoms with Crippen molar-refractivity contribution in [1.82, 2.24) is 19.9 Å². The van der Waals surface area contributed by atoms with E-state index in [2.05, 4.69) is 31.3 Å². The molecule has 8 heteroatoms. The summed E-state index contributed by atoms with van der Waals surface area (Å²) in [7, 11) is 3.40. The molecule has 4 N–H and O–H groups in total. The van der Waals surface area contributed by atoms with Crippen molar-refractivity contribution in [3.63, 3.8) is 0 Å². The minimum Gasteiger partial charge on any atom is -0.373 e. The summed E-state index contributed by atoms with van der Waals surface area (Å²) in [6, 6.07) is 2.11. The van der Waals surface area contributed by atoms with Crippen LogP contribution in [0.2, 0.25) is 0 Å². The Morgan fingerprint density at radius 1 is 1.32 bits per heavy atom. The number of carbonyl (C=O) groups is 1. The van der Waals surface area contributed by atoms with Gasteiger partial charge in [-0.2, -0.15) is 9.61 Å². The second kappa shape index (κ2) is 6.08. The fourth-order valence-electron chi connectivity index (χ4n) is 2.77. The fourth-order valence-corrected chi connectivity index (χ4v) is 2.77. The highest BCUT2D eigenvalue weighted by atomic mass is 16.2. The van der Waals surface area contributed by atoms with E-state index in [9.17, 15) is 4.79 Å². The van der Waals surface area contributed by atoms with Crippen molar-refractivity contribution in [1.29, 1.82) is 0 Å². The normalized spacial score (nSPS) is 15.0. The van der Waals surface area contributed by atoms with E-state index in [-0.39, 0.29) is 6.03 Å². The summed E-state index contributed by atoms with van der Waals surface area (Å²) in [4.78, 5) is 16.1. The first kappa shape index (κ1) is 14.4. The number of carbonyl (C=O) groups excluding carboxylic acids is 1. The van der Waals surface area contributed by atoms with Gasteiger partial charge in [0.15, 0.2) is 5.65 Å². The molecule has 1 fully saturated rings. The molecule has 0 saturated heterocycles. The van der Waals surface area contributed by atoms with Gasteiger partial charge in [0, 0.05) is 26.2 Å². The maximum absolute atomic E-state index is 11.5. The van der Waals surface area contributed by atoms with Crippen LogP contribution in [0.15, 0.2) is 12.3 Å². The van der Waals surface area contributed by atoms with Crippen LogP contribution in [-0.2, 0) is 0 Å². The molecular weight excluding hydrogens is 282 g/mol.